The molecule has 0 aromatic rings. The van der Waals surface area contributed by atoms with Crippen molar-refractivity contribution in [3.8, 4) is 0 Å². The highest BCUT2D eigenvalue weighted by Crippen LogP contribution is 2.65. The normalized spacial score (nSPS) is 50.6. The molecule has 2 fully saturated rings. The summed E-state index contributed by atoms with van der Waals surface area (Å²) in [5, 5.41) is 41.7. The van der Waals surface area contributed by atoms with Gasteiger partial charge >= 0.3 is 5.97 Å². The first kappa shape index (κ1) is 19.4. The van der Waals surface area contributed by atoms with Gasteiger partial charge in [-0.1, -0.05) is 19.4 Å². The van der Waals surface area contributed by atoms with Gasteiger partial charge in [0.2, 0.25) is 0 Å². The fourth-order valence-electron chi connectivity index (χ4n) is 7.86. The SMILES string of the molecule is C[C@H](O)[C@@H]1CC[C@@H]2C3=C([C@H](O)C[C@@]21C)[C@]1(C)CC[C@H](O)[C@H](C(=O)O)[C@H]1CC3. The van der Waals surface area contributed by atoms with Gasteiger partial charge in [0.05, 0.1) is 24.2 Å². The van der Waals surface area contributed by atoms with Crippen LogP contribution in [-0.4, -0.2) is 44.7 Å². The van der Waals surface area contributed by atoms with Crippen LogP contribution in [0.3, 0.4) is 0 Å². The monoisotopic (exact) mass is 378 g/mol. The molecule has 5 nitrogen and oxygen atoms in total. The molecule has 0 spiro atoms. The van der Waals surface area contributed by atoms with Gasteiger partial charge in [-0.15, -0.1) is 0 Å². The van der Waals surface area contributed by atoms with Crippen LogP contribution in [0.25, 0.3) is 0 Å². The molecule has 4 rings (SSSR count). The van der Waals surface area contributed by atoms with E-state index in [-0.39, 0.29) is 28.8 Å². The van der Waals surface area contributed by atoms with Gasteiger partial charge in [-0.2, -0.15) is 0 Å². The molecule has 0 aromatic carbocycles. The zero-order chi connectivity index (χ0) is 19.7. The van der Waals surface area contributed by atoms with Gasteiger partial charge in [0.15, 0.2) is 0 Å². The molecule has 0 heterocycles. The number of carboxylic acids is 1. The van der Waals surface area contributed by atoms with Gasteiger partial charge in [0.25, 0.3) is 0 Å². The van der Waals surface area contributed by atoms with Crippen LogP contribution in [0.2, 0.25) is 0 Å². The lowest BCUT2D eigenvalue weighted by molar-refractivity contribution is -0.157. The standard InChI is InChI=1S/C22H34O5/c1-11(23)13-6-7-14-12-4-5-15-18(20(26)27)16(24)8-9-21(15,2)19(12)17(25)10-22(13,14)3/h11,13-18,23-25H,4-10H2,1-3H3,(H,26,27)/t11-,13-,14+,15+,16-,17+,18+,21+,22+/m0/s1. The van der Waals surface area contributed by atoms with Crippen molar-refractivity contribution in [3.63, 3.8) is 0 Å². The predicted molar refractivity (Wildman–Crippen MR) is 101 cm³/mol. The van der Waals surface area contributed by atoms with Crippen LogP contribution in [0, 0.1) is 34.5 Å². The van der Waals surface area contributed by atoms with Crippen LogP contribution in [0.4, 0.5) is 0 Å². The molecule has 0 bridgehead atoms. The van der Waals surface area contributed by atoms with E-state index in [0.717, 1.165) is 37.7 Å². The quantitative estimate of drug-likeness (QED) is 0.554. The van der Waals surface area contributed by atoms with E-state index in [1.54, 1.807) is 0 Å². The van der Waals surface area contributed by atoms with Crippen molar-refractivity contribution < 1.29 is 25.2 Å². The number of carboxylic acid groups (broad SMARTS) is 1. The number of hydrogen-bond donors (Lipinski definition) is 4. The van der Waals surface area contributed by atoms with E-state index in [1.807, 2.05) is 6.92 Å². The number of carbonyl (C=O) groups is 1. The molecular formula is C22H34O5. The molecule has 9 atom stereocenters. The molecule has 0 aromatic heterocycles. The second-order valence-corrected chi connectivity index (χ2v) is 10.2. The molecule has 0 radical (unpaired) electrons. The lowest BCUT2D eigenvalue weighted by Gasteiger charge is -2.57. The van der Waals surface area contributed by atoms with Crippen molar-refractivity contribution in [2.24, 2.45) is 34.5 Å². The maximum absolute atomic E-state index is 11.9. The number of aliphatic hydroxyl groups is 3. The topological polar surface area (TPSA) is 98.0 Å². The third kappa shape index (κ3) is 2.57. The zero-order valence-corrected chi connectivity index (χ0v) is 16.7. The average Bonchev–Trinajstić information content (AvgIpc) is 2.91. The molecule has 5 heteroatoms. The van der Waals surface area contributed by atoms with Crippen LogP contribution in [0.15, 0.2) is 11.1 Å². The van der Waals surface area contributed by atoms with Crippen molar-refractivity contribution >= 4 is 5.97 Å². The van der Waals surface area contributed by atoms with E-state index in [1.165, 1.54) is 5.57 Å². The van der Waals surface area contributed by atoms with Gasteiger partial charge in [-0.25, -0.2) is 0 Å². The van der Waals surface area contributed by atoms with Gasteiger partial charge in [-0.3, -0.25) is 4.79 Å². The summed E-state index contributed by atoms with van der Waals surface area (Å²) in [5.74, 6) is -1.19. The van der Waals surface area contributed by atoms with E-state index in [2.05, 4.69) is 13.8 Å². The molecular weight excluding hydrogens is 344 g/mol. The molecule has 4 aliphatic carbocycles. The van der Waals surface area contributed by atoms with E-state index >= 15 is 0 Å². The highest BCUT2D eigenvalue weighted by atomic mass is 16.4. The van der Waals surface area contributed by atoms with Crippen LogP contribution in [0.1, 0.15) is 65.7 Å². The number of aliphatic carboxylic acids is 1. The minimum absolute atomic E-state index is 0.0873. The third-order valence-electron chi connectivity index (χ3n) is 8.98. The Morgan fingerprint density at radius 3 is 2.48 bits per heavy atom. The first-order valence-corrected chi connectivity index (χ1v) is 10.6. The molecule has 0 aliphatic heterocycles. The summed E-state index contributed by atoms with van der Waals surface area (Å²) in [4.78, 5) is 11.9. The van der Waals surface area contributed by atoms with E-state index in [0.29, 0.717) is 18.8 Å². The minimum Gasteiger partial charge on any atom is -0.481 e. The maximum Gasteiger partial charge on any atom is 0.309 e. The fourth-order valence-corrected chi connectivity index (χ4v) is 7.86. The minimum atomic E-state index is -0.910. The smallest absolute Gasteiger partial charge is 0.309 e. The van der Waals surface area contributed by atoms with Crippen LogP contribution < -0.4 is 0 Å². The van der Waals surface area contributed by atoms with Crippen molar-refractivity contribution in [1.29, 1.82) is 0 Å². The average molecular weight is 379 g/mol. The summed E-state index contributed by atoms with van der Waals surface area (Å²) < 4.78 is 0. The number of rotatable bonds is 2. The molecule has 0 saturated heterocycles. The van der Waals surface area contributed by atoms with E-state index in [9.17, 15) is 25.2 Å². The first-order valence-electron chi connectivity index (χ1n) is 10.6. The van der Waals surface area contributed by atoms with Crippen molar-refractivity contribution in [1.82, 2.24) is 0 Å². The zero-order valence-electron chi connectivity index (χ0n) is 16.7. The van der Waals surface area contributed by atoms with Crippen LogP contribution in [0.5, 0.6) is 0 Å². The number of fused-ring (bicyclic) bond motifs is 4. The van der Waals surface area contributed by atoms with Gasteiger partial charge in [0, 0.05) is 0 Å². The highest BCUT2D eigenvalue weighted by molar-refractivity contribution is 5.72. The fraction of sp³-hybridized carbons (Fsp3) is 0.864. The Bertz CT molecular complexity index is 670. The summed E-state index contributed by atoms with van der Waals surface area (Å²) in [7, 11) is 0. The van der Waals surface area contributed by atoms with Gasteiger partial charge in [-0.05, 0) is 86.0 Å². The second kappa shape index (κ2) is 6.30. The van der Waals surface area contributed by atoms with Crippen molar-refractivity contribution in [3.05, 3.63) is 11.1 Å². The summed E-state index contributed by atoms with van der Waals surface area (Å²) >= 11 is 0. The number of allylic oxidation sites excluding steroid dienone is 1. The summed E-state index contributed by atoms with van der Waals surface area (Å²) in [5.41, 5.74) is 2.00. The Kier molecular flexibility index (Phi) is 4.53. The van der Waals surface area contributed by atoms with Crippen LogP contribution >= 0.6 is 0 Å². The second-order valence-electron chi connectivity index (χ2n) is 10.2. The largest absolute Gasteiger partial charge is 0.481 e. The van der Waals surface area contributed by atoms with E-state index < -0.39 is 24.1 Å². The van der Waals surface area contributed by atoms with Crippen molar-refractivity contribution in [2.45, 2.75) is 84.0 Å². The Morgan fingerprint density at radius 1 is 1.15 bits per heavy atom. The maximum atomic E-state index is 11.9. The van der Waals surface area contributed by atoms with Crippen LogP contribution in [-0.2, 0) is 4.79 Å². The summed E-state index contributed by atoms with van der Waals surface area (Å²) in [6.45, 7) is 6.22. The number of hydrogen-bond acceptors (Lipinski definition) is 4. The lowest BCUT2D eigenvalue weighted by Crippen LogP contribution is -2.54. The predicted octanol–water partition coefficient (Wildman–Crippen LogP) is 2.73. The molecule has 152 valence electrons. The van der Waals surface area contributed by atoms with Gasteiger partial charge in [0.1, 0.15) is 0 Å². The molecule has 27 heavy (non-hydrogen) atoms. The Balaban J connectivity index is 1.78. The van der Waals surface area contributed by atoms with Crippen molar-refractivity contribution in [2.75, 3.05) is 0 Å². The molecule has 0 amide bonds. The lowest BCUT2D eigenvalue weighted by atomic mass is 9.48. The third-order valence-corrected chi connectivity index (χ3v) is 8.98. The molecule has 4 N–H and O–H groups in total. The highest BCUT2D eigenvalue weighted by Gasteiger charge is 2.60. The first-order chi connectivity index (χ1) is 12.6. The Labute approximate surface area is 161 Å². The Hall–Kier alpha value is -0.910. The number of aliphatic hydroxyl groups excluding tert-OH is 3. The molecule has 4 aliphatic rings. The molecule has 2 saturated carbocycles. The molecule has 0 unspecified atom stereocenters. The summed E-state index contributed by atoms with van der Waals surface area (Å²) in [6, 6.07) is 0. The summed E-state index contributed by atoms with van der Waals surface area (Å²) in [6.07, 6.45) is 3.74. The van der Waals surface area contributed by atoms with E-state index in [4.69, 9.17) is 0 Å². The Morgan fingerprint density at radius 2 is 1.85 bits per heavy atom. The van der Waals surface area contributed by atoms with Gasteiger partial charge < -0.3 is 20.4 Å².